The molecule has 16 heavy (non-hydrogen) atoms. The smallest absolute Gasteiger partial charge is 0.248 e. The number of hydrogen-bond donors (Lipinski definition) is 1. The zero-order valence-electron chi connectivity index (χ0n) is 8.89. The number of hydrogen-bond acceptors (Lipinski definition) is 3. The lowest BCUT2D eigenvalue weighted by Crippen LogP contribution is -2.17. The highest BCUT2D eigenvalue weighted by Gasteiger charge is 2.24. The van der Waals surface area contributed by atoms with E-state index in [-0.39, 0.29) is 6.04 Å². The summed E-state index contributed by atoms with van der Waals surface area (Å²) in [5, 5.41) is 8.94. The van der Waals surface area contributed by atoms with Crippen molar-refractivity contribution in [1.82, 2.24) is 4.90 Å². The van der Waals surface area contributed by atoms with Gasteiger partial charge in [0.2, 0.25) is 5.91 Å². The predicted molar refractivity (Wildman–Crippen MR) is 59.3 cm³/mol. The number of likely N-dealkylation sites (tertiary alicyclic amines) is 1. The molecule has 1 heterocycles. The summed E-state index contributed by atoms with van der Waals surface area (Å²) in [6.07, 6.45) is 4.22. The summed E-state index contributed by atoms with van der Waals surface area (Å²) < 4.78 is 0. The molecule has 0 bridgehead atoms. The third-order valence-electron chi connectivity index (χ3n) is 2.96. The van der Waals surface area contributed by atoms with E-state index < -0.39 is 5.91 Å². The molecule has 1 unspecified atom stereocenters. The summed E-state index contributed by atoms with van der Waals surface area (Å²) in [5.74, 6) is -0.421. The number of carbonyl (C=O) groups is 1. The molecule has 82 valence electrons. The molecule has 0 aromatic heterocycles. The second kappa shape index (κ2) is 4.23. The minimum atomic E-state index is -0.421. The van der Waals surface area contributed by atoms with Gasteiger partial charge in [-0.1, -0.05) is 12.1 Å². The summed E-state index contributed by atoms with van der Waals surface area (Å²) in [4.78, 5) is 12.7. The number of primary amides is 1. The molecule has 1 aliphatic heterocycles. The van der Waals surface area contributed by atoms with Crippen LogP contribution in [0.3, 0.4) is 0 Å². The van der Waals surface area contributed by atoms with Crippen LogP contribution in [0.1, 0.15) is 34.8 Å². The second-order valence-corrected chi connectivity index (χ2v) is 3.94. The van der Waals surface area contributed by atoms with Crippen LogP contribution in [0.5, 0.6) is 0 Å². The molecule has 4 nitrogen and oxygen atoms in total. The van der Waals surface area contributed by atoms with E-state index >= 15 is 0 Å². The van der Waals surface area contributed by atoms with Gasteiger partial charge in [-0.15, -0.1) is 0 Å². The lowest BCUT2D eigenvalue weighted by molar-refractivity contribution is 0.100. The van der Waals surface area contributed by atoms with Crippen molar-refractivity contribution >= 4 is 5.91 Å². The normalized spacial score (nSPS) is 19.4. The highest BCUT2D eigenvalue weighted by molar-refractivity contribution is 5.92. The number of carbonyl (C=O) groups excluding carboxylic acids is 1. The van der Waals surface area contributed by atoms with Crippen LogP contribution in [0, 0.1) is 11.5 Å². The zero-order chi connectivity index (χ0) is 11.5. The largest absolute Gasteiger partial charge is 0.366 e. The average Bonchev–Trinajstić information content (AvgIpc) is 2.77. The Balaban J connectivity index is 2.22. The van der Waals surface area contributed by atoms with Crippen molar-refractivity contribution in [3.05, 3.63) is 35.4 Å². The van der Waals surface area contributed by atoms with E-state index in [1.165, 1.54) is 0 Å². The Bertz CT molecular complexity index is 433. The van der Waals surface area contributed by atoms with Gasteiger partial charge in [-0.2, -0.15) is 5.26 Å². The van der Waals surface area contributed by atoms with Crippen LogP contribution >= 0.6 is 0 Å². The van der Waals surface area contributed by atoms with Crippen molar-refractivity contribution in [2.24, 2.45) is 5.73 Å². The highest BCUT2D eigenvalue weighted by Crippen LogP contribution is 2.30. The Kier molecular flexibility index (Phi) is 2.78. The molecule has 0 spiro atoms. The van der Waals surface area contributed by atoms with Crippen LogP contribution in [-0.2, 0) is 0 Å². The van der Waals surface area contributed by atoms with Crippen LogP contribution in [0.4, 0.5) is 0 Å². The number of nitrogens with zero attached hydrogens (tertiary/aromatic N) is 2. The van der Waals surface area contributed by atoms with Crippen molar-refractivity contribution in [2.75, 3.05) is 6.54 Å². The van der Waals surface area contributed by atoms with Gasteiger partial charge in [0, 0.05) is 12.1 Å². The van der Waals surface area contributed by atoms with Crippen LogP contribution in [0.2, 0.25) is 0 Å². The van der Waals surface area contributed by atoms with Gasteiger partial charge in [0.1, 0.15) is 0 Å². The summed E-state index contributed by atoms with van der Waals surface area (Å²) in [7, 11) is 0. The quantitative estimate of drug-likeness (QED) is 0.758. The molecular weight excluding hydrogens is 202 g/mol. The standard InChI is InChI=1S/C12H13N3O/c13-8-15-7-1-2-11(15)9-3-5-10(6-4-9)12(14)16/h3-6,11H,1-2,7H2,(H2,14,16). The van der Waals surface area contributed by atoms with E-state index in [1.807, 2.05) is 12.1 Å². The van der Waals surface area contributed by atoms with E-state index in [0.29, 0.717) is 5.56 Å². The van der Waals surface area contributed by atoms with Gasteiger partial charge >= 0.3 is 0 Å². The summed E-state index contributed by atoms with van der Waals surface area (Å²) in [6.45, 7) is 0.818. The van der Waals surface area contributed by atoms with Gasteiger partial charge < -0.3 is 10.6 Å². The van der Waals surface area contributed by atoms with Gasteiger partial charge in [-0.3, -0.25) is 4.79 Å². The predicted octanol–water partition coefficient (Wildman–Crippen LogP) is 1.40. The highest BCUT2D eigenvalue weighted by atomic mass is 16.1. The maximum atomic E-state index is 10.9. The monoisotopic (exact) mass is 215 g/mol. The molecule has 2 N–H and O–H groups in total. The number of rotatable bonds is 2. The molecule has 1 aromatic rings. The third kappa shape index (κ3) is 1.84. The first-order valence-electron chi connectivity index (χ1n) is 5.28. The van der Waals surface area contributed by atoms with Crippen molar-refractivity contribution in [1.29, 1.82) is 5.26 Å². The molecule has 0 aliphatic carbocycles. The molecule has 1 fully saturated rings. The van der Waals surface area contributed by atoms with Gasteiger partial charge in [0.25, 0.3) is 0 Å². The van der Waals surface area contributed by atoms with E-state index in [9.17, 15) is 4.79 Å². The Labute approximate surface area is 94.3 Å². The fourth-order valence-electron chi connectivity index (χ4n) is 2.10. The minimum absolute atomic E-state index is 0.159. The number of nitriles is 1. The first kappa shape index (κ1) is 10.5. The van der Waals surface area contributed by atoms with Crippen LogP contribution in [0.15, 0.2) is 24.3 Å². The second-order valence-electron chi connectivity index (χ2n) is 3.94. The van der Waals surface area contributed by atoms with E-state index in [0.717, 1.165) is 24.9 Å². The molecule has 1 amide bonds. The number of nitrogens with two attached hydrogens (primary N) is 1. The average molecular weight is 215 g/mol. The third-order valence-corrected chi connectivity index (χ3v) is 2.96. The lowest BCUT2D eigenvalue weighted by Gasteiger charge is -2.18. The fraction of sp³-hybridized carbons (Fsp3) is 0.333. The van der Waals surface area contributed by atoms with Gasteiger partial charge in [0.05, 0.1) is 6.04 Å². The van der Waals surface area contributed by atoms with E-state index in [4.69, 9.17) is 11.0 Å². The topological polar surface area (TPSA) is 70.1 Å². The Morgan fingerprint density at radius 3 is 2.69 bits per heavy atom. The van der Waals surface area contributed by atoms with Crippen molar-refractivity contribution in [3.63, 3.8) is 0 Å². The zero-order valence-corrected chi connectivity index (χ0v) is 8.89. The molecule has 0 radical (unpaired) electrons. The summed E-state index contributed by atoms with van der Waals surface area (Å²) in [5.41, 5.74) is 6.75. The van der Waals surface area contributed by atoms with Gasteiger partial charge in [-0.25, -0.2) is 0 Å². The Morgan fingerprint density at radius 2 is 2.12 bits per heavy atom. The molecular formula is C12H13N3O. The van der Waals surface area contributed by atoms with Crippen LogP contribution in [-0.4, -0.2) is 17.4 Å². The van der Waals surface area contributed by atoms with Crippen molar-refractivity contribution in [2.45, 2.75) is 18.9 Å². The Morgan fingerprint density at radius 1 is 1.44 bits per heavy atom. The van der Waals surface area contributed by atoms with Crippen molar-refractivity contribution in [3.8, 4) is 6.19 Å². The van der Waals surface area contributed by atoms with Crippen molar-refractivity contribution < 1.29 is 4.79 Å². The molecule has 1 aliphatic rings. The summed E-state index contributed by atoms with van der Waals surface area (Å²) in [6, 6.07) is 7.34. The maximum absolute atomic E-state index is 10.9. The molecule has 1 atom stereocenters. The summed E-state index contributed by atoms with van der Waals surface area (Å²) >= 11 is 0. The van der Waals surface area contributed by atoms with Gasteiger partial charge in [-0.05, 0) is 30.5 Å². The fourth-order valence-corrected chi connectivity index (χ4v) is 2.10. The number of amides is 1. The SMILES string of the molecule is N#CN1CCCC1c1ccc(C(N)=O)cc1. The van der Waals surface area contributed by atoms with E-state index in [1.54, 1.807) is 17.0 Å². The lowest BCUT2D eigenvalue weighted by atomic mass is 10.0. The van der Waals surface area contributed by atoms with Crippen LogP contribution in [0.25, 0.3) is 0 Å². The first-order valence-corrected chi connectivity index (χ1v) is 5.28. The maximum Gasteiger partial charge on any atom is 0.248 e. The number of benzene rings is 1. The Hall–Kier alpha value is -2.02. The molecule has 1 saturated heterocycles. The van der Waals surface area contributed by atoms with Crippen LogP contribution < -0.4 is 5.73 Å². The molecule has 1 aromatic carbocycles. The molecule has 2 rings (SSSR count). The minimum Gasteiger partial charge on any atom is -0.366 e. The molecule has 0 saturated carbocycles. The molecule has 4 heteroatoms. The van der Waals surface area contributed by atoms with E-state index in [2.05, 4.69) is 6.19 Å². The van der Waals surface area contributed by atoms with Gasteiger partial charge in [0.15, 0.2) is 6.19 Å². The first-order chi connectivity index (χ1) is 7.72.